The Morgan fingerprint density at radius 2 is 1.91 bits per heavy atom. The number of urea groups is 1. The molecule has 1 aromatic carbocycles. The maximum absolute atomic E-state index is 12.3. The molecule has 3 aromatic heterocycles. The summed E-state index contributed by atoms with van der Waals surface area (Å²) in [7, 11) is 3.06. The van der Waals surface area contributed by atoms with Gasteiger partial charge < -0.3 is 14.8 Å². The molecule has 0 radical (unpaired) electrons. The van der Waals surface area contributed by atoms with Gasteiger partial charge in [-0.25, -0.2) is 9.78 Å². The van der Waals surface area contributed by atoms with Crippen LogP contribution < -0.4 is 25.7 Å². The Kier molecular flexibility index (Phi) is 6.75. The van der Waals surface area contributed by atoms with E-state index in [1.807, 2.05) is 19.1 Å². The molecular weight excluding hydrogens is 464 g/mol. The lowest BCUT2D eigenvalue weighted by Crippen LogP contribution is -2.19. The van der Waals surface area contributed by atoms with E-state index in [9.17, 15) is 9.59 Å². The second kappa shape index (κ2) is 9.88. The van der Waals surface area contributed by atoms with Gasteiger partial charge in [-0.1, -0.05) is 29.2 Å². The highest BCUT2D eigenvalue weighted by Gasteiger charge is 2.12. The molecule has 4 aromatic rings. The first-order valence-electron chi connectivity index (χ1n) is 9.70. The van der Waals surface area contributed by atoms with Crippen LogP contribution >= 0.6 is 23.1 Å². The number of fused-ring (bicyclic) bond motifs is 1. The SMILES string of the molecule is COc1ccc(NC(=O)Nc2nnc(SCc3cc(=O)n4cc(C)ccc4n3)s2)cc1OC. The fraction of sp³-hybridized carbons (Fsp3) is 0.190. The Hall–Kier alpha value is -3.64. The molecule has 2 amide bonds. The molecule has 3 heterocycles. The van der Waals surface area contributed by atoms with E-state index in [4.69, 9.17) is 9.47 Å². The third kappa shape index (κ3) is 5.41. The molecule has 0 saturated carbocycles. The predicted octanol–water partition coefficient (Wildman–Crippen LogP) is 3.81. The molecule has 0 aliphatic heterocycles. The number of ether oxygens (including phenoxy) is 2. The number of nitrogens with zero attached hydrogens (tertiary/aromatic N) is 4. The maximum Gasteiger partial charge on any atom is 0.325 e. The van der Waals surface area contributed by atoms with E-state index in [2.05, 4.69) is 25.8 Å². The van der Waals surface area contributed by atoms with Crippen LogP contribution in [0.25, 0.3) is 5.65 Å². The lowest BCUT2D eigenvalue weighted by Gasteiger charge is -2.10. The van der Waals surface area contributed by atoms with E-state index in [0.29, 0.717) is 43.8 Å². The molecule has 0 aliphatic carbocycles. The lowest BCUT2D eigenvalue weighted by atomic mass is 10.3. The molecular formula is C21H20N6O4S2. The van der Waals surface area contributed by atoms with Gasteiger partial charge in [-0.05, 0) is 30.7 Å². The van der Waals surface area contributed by atoms with Gasteiger partial charge in [0.15, 0.2) is 15.8 Å². The van der Waals surface area contributed by atoms with Crippen molar-refractivity contribution >= 4 is 45.6 Å². The third-order valence-corrected chi connectivity index (χ3v) is 6.48. The lowest BCUT2D eigenvalue weighted by molar-refractivity contribution is 0.262. The quantitative estimate of drug-likeness (QED) is 0.300. The van der Waals surface area contributed by atoms with Gasteiger partial charge in [0.2, 0.25) is 5.13 Å². The van der Waals surface area contributed by atoms with E-state index in [-0.39, 0.29) is 5.56 Å². The van der Waals surface area contributed by atoms with Crippen molar-refractivity contribution in [1.29, 1.82) is 0 Å². The molecule has 10 nitrogen and oxygen atoms in total. The number of methoxy groups -OCH3 is 2. The number of carbonyl (C=O) groups excluding carboxylic acids is 1. The zero-order valence-electron chi connectivity index (χ0n) is 18.0. The molecule has 4 rings (SSSR count). The first kappa shape index (κ1) is 22.6. The Labute approximate surface area is 197 Å². The van der Waals surface area contributed by atoms with Crippen LogP contribution in [0, 0.1) is 6.92 Å². The van der Waals surface area contributed by atoms with Gasteiger partial charge in [0.25, 0.3) is 5.56 Å². The average Bonchev–Trinajstić information content (AvgIpc) is 3.25. The number of nitrogens with one attached hydrogen (secondary N) is 2. The van der Waals surface area contributed by atoms with Crippen molar-refractivity contribution in [2.75, 3.05) is 24.9 Å². The van der Waals surface area contributed by atoms with Crippen molar-refractivity contribution in [1.82, 2.24) is 19.6 Å². The summed E-state index contributed by atoms with van der Waals surface area (Å²) in [4.78, 5) is 29.2. The highest BCUT2D eigenvalue weighted by molar-refractivity contribution is 8.00. The monoisotopic (exact) mass is 484 g/mol. The van der Waals surface area contributed by atoms with Gasteiger partial charge in [-0.3, -0.25) is 14.5 Å². The van der Waals surface area contributed by atoms with Gasteiger partial charge in [0, 0.05) is 29.8 Å². The second-order valence-corrected chi connectivity index (χ2v) is 9.03. The number of carbonyl (C=O) groups is 1. The van der Waals surface area contributed by atoms with Crippen molar-refractivity contribution in [3.63, 3.8) is 0 Å². The molecule has 0 unspecified atom stereocenters. The smallest absolute Gasteiger partial charge is 0.325 e. The van der Waals surface area contributed by atoms with E-state index >= 15 is 0 Å². The topological polar surface area (TPSA) is 120 Å². The minimum atomic E-state index is -0.463. The van der Waals surface area contributed by atoms with Crippen LogP contribution in [0.5, 0.6) is 11.5 Å². The van der Waals surface area contributed by atoms with E-state index in [1.54, 1.807) is 24.4 Å². The van der Waals surface area contributed by atoms with Crippen molar-refractivity contribution in [3.8, 4) is 11.5 Å². The molecule has 0 fully saturated rings. The van der Waals surface area contributed by atoms with Crippen molar-refractivity contribution in [2.24, 2.45) is 0 Å². The van der Waals surface area contributed by atoms with E-state index < -0.39 is 6.03 Å². The summed E-state index contributed by atoms with van der Waals surface area (Å²) in [6.45, 7) is 1.92. The molecule has 0 spiro atoms. The van der Waals surface area contributed by atoms with Gasteiger partial charge in [-0.2, -0.15) is 0 Å². The van der Waals surface area contributed by atoms with Crippen LogP contribution in [-0.4, -0.2) is 39.8 Å². The number of thioether (sulfide) groups is 1. The molecule has 0 atom stereocenters. The van der Waals surface area contributed by atoms with Crippen molar-refractivity contribution in [3.05, 3.63) is 64.2 Å². The van der Waals surface area contributed by atoms with Crippen LogP contribution in [0.3, 0.4) is 0 Å². The first-order valence-corrected chi connectivity index (χ1v) is 11.5. The number of benzene rings is 1. The van der Waals surface area contributed by atoms with Gasteiger partial charge in [0.1, 0.15) is 5.65 Å². The van der Waals surface area contributed by atoms with Crippen LogP contribution in [0.4, 0.5) is 15.6 Å². The number of amides is 2. The van der Waals surface area contributed by atoms with Crippen LogP contribution in [0.15, 0.2) is 51.7 Å². The summed E-state index contributed by atoms with van der Waals surface area (Å²) >= 11 is 2.61. The zero-order valence-corrected chi connectivity index (χ0v) is 19.6. The molecule has 0 bridgehead atoms. The van der Waals surface area contributed by atoms with Gasteiger partial charge in [-0.15, -0.1) is 10.2 Å². The Bertz CT molecular complexity index is 1370. The number of rotatable bonds is 7. The average molecular weight is 485 g/mol. The largest absolute Gasteiger partial charge is 0.493 e. The Morgan fingerprint density at radius 1 is 1.09 bits per heavy atom. The Balaban J connectivity index is 1.36. The van der Waals surface area contributed by atoms with Crippen LogP contribution in [-0.2, 0) is 5.75 Å². The molecule has 2 N–H and O–H groups in total. The number of anilines is 2. The summed E-state index contributed by atoms with van der Waals surface area (Å²) in [6.07, 6.45) is 1.76. The summed E-state index contributed by atoms with van der Waals surface area (Å²) in [5, 5.41) is 13.8. The molecule has 12 heteroatoms. The van der Waals surface area contributed by atoms with Crippen LogP contribution in [0.2, 0.25) is 0 Å². The number of hydrogen-bond acceptors (Lipinski definition) is 9. The Morgan fingerprint density at radius 3 is 2.70 bits per heavy atom. The fourth-order valence-electron chi connectivity index (χ4n) is 2.96. The van der Waals surface area contributed by atoms with Crippen LogP contribution in [0.1, 0.15) is 11.3 Å². The minimum absolute atomic E-state index is 0.134. The highest BCUT2D eigenvalue weighted by Crippen LogP contribution is 2.30. The molecule has 0 saturated heterocycles. The standard InChI is InChI=1S/C21H20N6O4S2/c1-12-4-7-17-22-14(9-18(28)27(17)10-12)11-32-21-26-25-20(33-21)24-19(29)23-13-5-6-15(30-2)16(8-13)31-3/h4-10H,11H2,1-3H3,(H2,23,24,25,29). The summed E-state index contributed by atoms with van der Waals surface area (Å²) < 4.78 is 12.6. The van der Waals surface area contributed by atoms with Crippen molar-refractivity contribution < 1.29 is 14.3 Å². The van der Waals surface area contributed by atoms with Crippen molar-refractivity contribution in [2.45, 2.75) is 17.0 Å². The molecule has 33 heavy (non-hydrogen) atoms. The van der Waals surface area contributed by atoms with Gasteiger partial charge >= 0.3 is 6.03 Å². The summed E-state index contributed by atoms with van der Waals surface area (Å²) in [6, 6.07) is 9.82. The fourth-order valence-corrected chi connectivity index (χ4v) is 4.60. The van der Waals surface area contributed by atoms with Gasteiger partial charge in [0.05, 0.1) is 19.9 Å². The number of pyridine rings is 1. The molecule has 0 aliphatic rings. The summed E-state index contributed by atoms with van der Waals surface area (Å²) in [5.41, 5.74) is 2.62. The maximum atomic E-state index is 12.3. The van der Waals surface area contributed by atoms with E-state index in [0.717, 1.165) is 5.56 Å². The normalized spacial score (nSPS) is 10.8. The molecule has 170 valence electrons. The third-order valence-electron chi connectivity index (χ3n) is 4.47. The van der Waals surface area contributed by atoms with E-state index in [1.165, 1.54) is 47.8 Å². The summed E-state index contributed by atoms with van der Waals surface area (Å²) in [5.74, 6) is 1.52. The first-order chi connectivity index (χ1) is 15.9. The predicted molar refractivity (Wildman–Crippen MR) is 128 cm³/mol. The number of hydrogen-bond donors (Lipinski definition) is 2. The minimum Gasteiger partial charge on any atom is -0.493 e. The highest BCUT2D eigenvalue weighted by atomic mass is 32.2. The second-order valence-electron chi connectivity index (χ2n) is 6.83. The number of aryl methyl sites for hydroxylation is 1. The zero-order chi connectivity index (χ0) is 23.4. The number of aromatic nitrogens is 4.